The summed E-state index contributed by atoms with van der Waals surface area (Å²) in [6, 6.07) is 3.50. The van der Waals surface area contributed by atoms with Crippen LogP contribution in [0.2, 0.25) is 0 Å². The molecule has 0 aliphatic rings. The Morgan fingerprint density at radius 3 is 3.11 bits per heavy atom. The number of aromatic nitrogens is 5. The summed E-state index contributed by atoms with van der Waals surface area (Å²) in [5, 5.41) is 3.89. The average Bonchev–Trinajstić information content (AvgIpc) is 3.09. The molecule has 3 rings (SSSR count). The van der Waals surface area contributed by atoms with Crippen LogP contribution < -0.4 is 4.74 Å². The van der Waals surface area contributed by atoms with Gasteiger partial charge in [0.25, 0.3) is 5.89 Å². The lowest BCUT2D eigenvalue weighted by Gasteiger charge is -1.98. The molecule has 8 heteroatoms. The topological polar surface area (TPSA) is 86.8 Å². The number of pyridine rings is 1. The highest BCUT2D eigenvalue weighted by atomic mass is 32.1. The van der Waals surface area contributed by atoms with Crippen LogP contribution in [0.15, 0.2) is 29.0 Å². The van der Waals surface area contributed by atoms with Gasteiger partial charge >= 0.3 is 0 Å². The number of hydrogen-bond acceptors (Lipinski definition) is 8. The SMILES string of the molecule is COc1cc(-c2noc(-c3cnsn3)n2)ccn1. The molecular formula is C10H7N5O2S. The molecular weight excluding hydrogens is 254 g/mol. The van der Waals surface area contributed by atoms with Crippen LogP contribution in [0.3, 0.4) is 0 Å². The van der Waals surface area contributed by atoms with Crippen LogP contribution in [0, 0.1) is 0 Å². The maximum atomic E-state index is 5.12. The number of nitrogens with zero attached hydrogens (tertiary/aromatic N) is 5. The van der Waals surface area contributed by atoms with E-state index in [9.17, 15) is 0 Å². The lowest BCUT2D eigenvalue weighted by atomic mass is 10.2. The van der Waals surface area contributed by atoms with E-state index in [0.717, 1.165) is 17.3 Å². The third kappa shape index (κ3) is 1.93. The molecule has 3 heterocycles. The Kier molecular flexibility index (Phi) is 2.69. The van der Waals surface area contributed by atoms with Gasteiger partial charge in [0.1, 0.15) is 0 Å². The second-order valence-corrected chi connectivity index (χ2v) is 3.86. The quantitative estimate of drug-likeness (QED) is 0.708. The minimum absolute atomic E-state index is 0.342. The number of methoxy groups -OCH3 is 1. The Hall–Kier alpha value is -2.35. The summed E-state index contributed by atoms with van der Waals surface area (Å²) in [5.74, 6) is 1.29. The van der Waals surface area contributed by atoms with Crippen LogP contribution in [0.5, 0.6) is 5.88 Å². The summed E-state index contributed by atoms with van der Waals surface area (Å²) in [6.45, 7) is 0. The van der Waals surface area contributed by atoms with Crippen molar-refractivity contribution in [2.24, 2.45) is 0 Å². The molecule has 0 atom stereocenters. The Morgan fingerprint density at radius 2 is 2.33 bits per heavy atom. The van der Waals surface area contributed by atoms with Crippen molar-refractivity contribution in [1.29, 1.82) is 0 Å². The van der Waals surface area contributed by atoms with Gasteiger partial charge in [0.15, 0.2) is 5.69 Å². The van der Waals surface area contributed by atoms with Crippen LogP contribution in [-0.2, 0) is 0 Å². The van der Waals surface area contributed by atoms with Crippen LogP contribution in [0.4, 0.5) is 0 Å². The van der Waals surface area contributed by atoms with Gasteiger partial charge < -0.3 is 9.26 Å². The monoisotopic (exact) mass is 261 g/mol. The molecule has 0 unspecified atom stereocenters. The molecule has 0 aliphatic heterocycles. The molecule has 0 fully saturated rings. The lowest BCUT2D eigenvalue weighted by molar-refractivity contribution is 0.398. The van der Waals surface area contributed by atoms with Gasteiger partial charge in [-0.1, -0.05) is 5.16 Å². The molecule has 7 nitrogen and oxygen atoms in total. The largest absolute Gasteiger partial charge is 0.481 e. The van der Waals surface area contributed by atoms with Crippen molar-refractivity contribution in [1.82, 2.24) is 23.9 Å². The molecule has 3 aromatic heterocycles. The third-order valence-corrected chi connectivity index (χ3v) is 2.69. The van der Waals surface area contributed by atoms with Crippen LogP contribution in [0.25, 0.3) is 23.0 Å². The summed E-state index contributed by atoms with van der Waals surface area (Å²) < 4.78 is 18.1. The second kappa shape index (κ2) is 4.49. The van der Waals surface area contributed by atoms with E-state index in [1.54, 1.807) is 31.6 Å². The second-order valence-electron chi connectivity index (χ2n) is 3.30. The number of ether oxygens (including phenoxy) is 1. The molecule has 0 spiro atoms. The van der Waals surface area contributed by atoms with Gasteiger partial charge in [0.05, 0.1) is 25.0 Å². The van der Waals surface area contributed by atoms with Crippen molar-refractivity contribution in [2.45, 2.75) is 0 Å². The zero-order valence-electron chi connectivity index (χ0n) is 9.27. The van der Waals surface area contributed by atoms with Crippen molar-refractivity contribution >= 4 is 11.7 Å². The van der Waals surface area contributed by atoms with Gasteiger partial charge in [-0.15, -0.1) is 0 Å². The van der Waals surface area contributed by atoms with Gasteiger partial charge in [-0.3, -0.25) is 0 Å². The summed E-state index contributed by atoms with van der Waals surface area (Å²) in [7, 11) is 1.55. The first-order valence-corrected chi connectivity index (χ1v) is 5.72. The van der Waals surface area contributed by atoms with Crippen LogP contribution >= 0.6 is 11.7 Å². The van der Waals surface area contributed by atoms with Crippen molar-refractivity contribution < 1.29 is 9.26 Å². The number of hydrogen-bond donors (Lipinski definition) is 0. The van der Waals surface area contributed by atoms with Crippen molar-refractivity contribution in [2.75, 3.05) is 7.11 Å². The standard InChI is InChI=1S/C10H7N5O2S/c1-16-8-4-6(2-3-11-8)9-13-10(17-14-9)7-5-12-18-15-7/h2-5H,1H3. The van der Waals surface area contributed by atoms with Crippen LogP contribution in [-0.4, -0.2) is 31.0 Å². The lowest BCUT2D eigenvalue weighted by Crippen LogP contribution is -1.88. The molecule has 90 valence electrons. The highest BCUT2D eigenvalue weighted by Crippen LogP contribution is 2.22. The Balaban J connectivity index is 1.97. The van der Waals surface area contributed by atoms with E-state index in [0.29, 0.717) is 23.3 Å². The van der Waals surface area contributed by atoms with Crippen molar-refractivity contribution in [3.8, 4) is 28.9 Å². The molecule has 0 saturated carbocycles. The highest BCUT2D eigenvalue weighted by molar-refractivity contribution is 6.99. The van der Waals surface area contributed by atoms with E-state index in [2.05, 4.69) is 23.9 Å². The van der Waals surface area contributed by atoms with Gasteiger partial charge in [0, 0.05) is 17.8 Å². The van der Waals surface area contributed by atoms with E-state index in [1.807, 2.05) is 0 Å². The molecule has 0 saturated heterocycles. The fourth-order valence-corrected chi connectivity index (χ4v) is 1.77. The molecule has 0 aliphatic carbocycles. The van der Waals surface area contributed by atoms with Crippen molar-refractivity contribution in [3.05, 3.63) is 24.5 Å². The van der Waals surface area contributed by atoms with E-state index in [4.69, 9.17) is 9.26 Å². The van der Waals surface area contributed by atoms with Gasteiger partial charge in [0.2, 0.25) is 11.7 Å². The maximum absolute atomic E-state index is 5.12. The van der Waals surface area contributed by atoms with E-state index < -0.39 is 0 Å². The molecule has 0 radical (unpaired) electrons. The normalized spacial score (nSPS) is 10.5. The Morgan fingerprint density at radius 1 is 1.39 bits per heavy atom. The van der Waals surface area contributed by atoms with E-state index in [-0.39, 0.29) is 0 Å². The first-order chi connectivity index (χ1) is 8.86. The summed E-state index contributed by atoms with van der Waals surface area (Å²) >= 11 is 1.09. The van der Waals surface area contributed by atoms with Crippen LogP contribution in [0.1, 0.15) is 0 Å². The molecule has 0 amide bonds. The molecule has 0 N–H and O–H groups in total. The Labute approximate surface area is 106 Å². The van der Waals surface area contributed by atoms with Gasteiger partial charge in [-0.2, -0.15) is 13.7 Å². The fourth-order valence-electron chi connectivity index (χ4n) is 1.36. The Bertz CT molecular complexity index is 652. The maximum Gasteiger partial charge on any atom is 0.279 e. The van der Waals surface area contributed by atoms with E-state index >= 15 is 0 Å². The zero-order valence-corrected chi connectivity index (χ0v) is 10.1. The molecule has 18 heavy (non-hydrogen) atoms. The minimum Gasteiger partial charge on any atom is -0.481 e. The molecule has 3 aromatic rings. The first kappa shape index (κ1) is 10.8. The zero-order chi connectivity index (χ0) is 12.4. The highest BCUT2D eigenvalue weighted by Gasteiger charge is 2.13. The third-order valence-electron chi connectivity index (χ3n) is 2.21. The van der Waals surface area contributed by atoms with Gasteiger partial charge in [-0.25, -0.2) is 4.98 Å². The number of rotatable bonds is 3. The fraction of sp³-hybridized carbons (Fsp3) is 0.100. The predicted octanol–water partition coefficient (Wildman–Crippen LogP) is 1.66. The smallest absolute Gasteiger partial charge is 0.279 e. The molecule has 0 bridgehead atoms. The summed E-state index contributed by atoms with van der Waals surface area (Å²) in [5.41, 5.74) is 1.33. The summed E-state index contributed by atoms with van der Waals surface area (Å²) in [4.78, 5) is 8.25. The predicted molar refractivity (Wildman–Crippen MR) is 63.0 cm³/mol. The first-order valence-electron chi connectivity index (χ1n) is 4.99. The average molecular weight is 261 g/mol. The van der Waals surface area contributed by atoms with Crippen molar-refractivity contribution in [3.63, 3.8) is 0 Å². The minimum atomic E-state index is 0.342. The van der Waals surface area contributed by atoms with E-state index in [1.165, 1.54) is 0 Å². The van der Waals surface area contributed by atoms with Gasteiger partial charge in [-0.05, 0) is 6.07 Å². The molecule has 0 aromatic carbocycles. The summed E-state index contributed by atoms with van der Waals surface area (Å²) in [6.07, 6.45) is 3.20.